The second kappa shape index (κ2) is 13.3. The van der Waals surface area contributed by atoms with Gasteiger partial charge < -0.3 is 10.6 Å². The topological polar surface area (TPSA) is 94.4 Å². The fourth-order valence-corrected chi connectivity index (χ4v) is 5.30. The molecule has 0 aliphatic carbocycles. The van der Waals surface area contributed by atoms with Gasteiger partial charge in [-0.1, -0.05) is 17.7 Å². The lowest BCUT2D eigenvalue weighted by molar-refractivity contribution is -0.148. The minimum absolute atomic E-state index is 0.174. The molecule has 2 aromatic carbocycles. The van der Waals surface area contributed by atoms with E-state index in [9.17, 15) is 13.2 Å². The lowest BCUT2D eigenvalue weighted by atomic mass is 10.1. The molecule has 0 amide bonds. The molecule has 38 heavy (non-hydrogen) atoms. The minimum Gasteiger partial charge on any atom is -0.340 e. The number of hydrazine groups is 1. The van der Waals surface area contributed by atoms with Crippen LogP contribution in [0.4, 0.5) is 36.3 Å². The zero-order valence-corrected chi connectivity index (χ0v) is 22.0. The van der Waals surface area contributed by atoms with Crippen LogP contribution in [0.2, 0.25) is 0 Å². The maximum atomic E-state index is 12.7. The number of aryl methyl sites for hydroxylation is 1. The predicted octanol–water partition coefficient (Wildman–Crippen LogP) is 5.07. The van der Waals surface area contributed by atoms with Crippen LogP contribution < -0.4 is 21.9 Å². The third-order valence-electron chi connectivity index (χ3n) is 6.16. The van der Waals surface area contributed by atoms with Gasteiger partial charge in [0, 0.05) is 54.7 Å². The van der Waals surface area contributed by atoms with Crippen LogP contribution in [0.15, 0.2) is 65.7 Å². The average Bonchev–Trinajstić information content (AvgIpc) is 2.89. The highest BCUT2D eigenvalue weighted by Crippen LogP contribution is 2.31. The molecule has 204 valence electrons. The summed E-state index contributed by atoms with van der Waals surface area (Å²) in [4.78, 5) is 11.4. The second-order valence-corrected chi connectivity index (χ2v) is 10.3. The number of aromatic nitrogens is 2. The van der Waals surface area contributed by atoms with E-state index in [1.807, 2.05) is 61.5 Å². The Balaban J connectivity index is 1.34. The van der Waals surface area contributed by atoms with E-state index in [1.54, 1.807) is 18.1 Å². The first-order chi connectivity index (χ1) is 18.3. The Morgan fingerprint density at radius 3 is 2.32 bits per heavy atom. The Bertz CT molecular complexity index is 1140. The Hall–Kier alpha value is -2.90. The molecule has 1 saturated heterocycles. The van der Waals surface area contributed by atoms with Crippen LogP contribution in [0.1, 0.15) is 18.4 Å². The lowest BCUT2D eigenvalue weighted by Gasteiger charge is -2.38. The van der Waals surface area contributed by atoms with Gasteiger partial charge >= 0.3 is 6.18 Å². The molecule has 0 spiro atoms. The van der Waals surface area contributed by atoms with Crippen molar-refractivity contribution in [3.63, 3.8) is 0 Å². The first kappa shape index (κ1) is 28.1. The summed E-state index contributed by atoms with van der Waals surface area (Å²) in [6, 6.07) is 18.0. The fourth-order valence-electron chi connectivity index (χ4n) is 4.23. The van der Waals surface area contributed by atoms with Crippen LogP contribution in [0.5, 0.6) is 0 Å². The number of benzene rings is 2. The molecule has 0 radical (unpaired) electrons. The Labute approximate surface area is 225 Å². The van der Waals surface area contributed by atoms with Gasteiger partial charge in [0.1, 0.15) is 5.82 Å². The van der Waals surface area contributed by atoms with Gasteiger partial charge in [0.25, 0.3) is 0 Å². The van der Waals surface area contributed by atoms with Gasteiger partial charge in [-0.2, -0.15) is 18.2 Å². The largest absolute Gasteiger partial charge is 0.401 e. The van der Waals surface area contributed by atoms with Crippen molar-refractivity contribution in [1.29, 1.82) is 0 Å². The summed E-state index contributed by atoms with van der Waals surface area (Å²) < 4.78 is 40.5. The molecule has 4 rings (SSSR count). The summed E-state index contributed by atoms with van der Waals surface area (Å²) in [5.74, 6) is 6.66. The number of halogens is 3. The van der Waals surface area contributed by atoms with Crippen molar-refractivity contribution in [2.24, 2.45) is 5.84 Å². The van der Waals surface area contributed by atoms with Crippen LogP contribution in [0.25, 0.3) is 0 Å². The Morgan fingerprint density at radius 1 is 1.00 bits per heavy atom. The summed E-state index contributed by atoms with van der Waals surface area (Å²) in [5.41, 5.74) is 5.66. The molecule has 1 fully saturated rings. The average molecular weight is 547 g/mol. The van der Waals surface area contributed by atoms with Gasteiger partial charge in [0.2, 0.25) is 5.95 Å². The number of likely N-dealkylation sites (tertiary alicyclic amines) is 1. The highest BCUT2D eigenvalue weighted by atomic mass is 32.2. The molecule has 1 aromatic heterocycles. The lowest BCUT2D eigenvalue weighted by Crippen LogP contribution is -2.46. The fraction of sp³-hybridized carbons (Fsp3) is 0.385. The van der Waals surface area contributed by atoms with E-state index >= 15 is 0 Å². The molecule has 3 aromatic rings. The third-order valence-corrected chi connectivity index (χ3v) is 7.35. The molecule has 8 nitrogen and oxygen atoms in total. The predicted molar refractivity (Wildman–Crippen MR) is 146 cm³/mol. The molecule has 12 heteroatoms. The summed E-state index contributed by atoms with van der Waals surface area (Å²) >= 11 is 1.60. The number of nitrogens with two attached hydrogens (primary N) is 1. The monoisotopic (exact) mass is 546 g/mol. The third kappa shape index (κ3) is 8.84. The van der Waals surface area contributed by atoms with Gasteiger partial charge in [-0.25, -0.2) is 9.29 Å². The number of rotatable bonds is 11. The van der Waals surface area contributed by atoms with Crippen molar-refractivity contribution < 1.29 is 13.2 Å². The molecule has 0 atom stereocenters. The smallest absolute Gasteiger partial charge is 0.340 e. The van der Waals surface area contributed by atoms with Crippen molar-refractivity contribution in [2.45, 2.75) is 36.9 Å². The highest BCUT2D eigenvalue weighted by molar-refractivity contribution is 7.97. The van der Waals surface area contributed by atoms with E-state index < -0.39 is 12.7 Å². The van der Waals surface area contributed by atoms with Crippen LogP contribution in [0, 0.1) is 6.92 Å². The second-order valence-electron chi connectivity index (χ2n) is 9.21. The molecule has 2 heterocycles. The molecule has 0 bridgehead atoms. The number of hydrogen-bond acceptors (Lipinski definition) is 9. The first-order valence-electron chi connectivity index (χ1n) is 12.5. The van der Waals surface area contributed by atoms with E-state index in [0.29, 0.717) is 50.8 Å². The van der Waals surface area contributed by atoms with Crippen molar-refractivity contribution in [3.05, 3.63) is 66.4 Å². The highest BCUT2D eigenvalue weighted by Gasteiger charge is 2.33. The number of anilines is 4. The van der Waals surface area contributed by atoms with Gasteiger partial charge in [0.05, 0.1) is 6.54 Å². The van der Waals surface area contributed by atoms with Gasteiger partial charge in [-0.05, 0) is 74.2 Å². The molecular weight excluding hydrogens is 513 g/mol. The van der Waals surface area contributed by atoms with Crippen LogP contribution in [-0.2, 0) is 0 Å². The zero-order chi connectivity index (χ0) is 27.0. The number of nitrogens with one attached hydrogen (secondary N) is 3. The number of nitrogens with zero attached hydrogens (tertiary/aromatic N) is 4. The van der Waals surface area contributed by atoms with Gasteiger partial charge in [-0.3, -0.25) is 16.2 Å². The number of hydrogen-bond donors (Lipinski definition) is 4. The maximum absolute atomic E-state index is 12.7. The van der Waals surface area contributed by atoms with Crippen LogP contribution in [-0.4, -0.2) is 64.1 Å². The Kier molecular flexibility index (Phi) is 9.80. The van der Waals surface area contributed by atoms with E-state index in [4.69, 9.17) is 5.84 Å². The van der Waals surface area contributed by atoms with Gasteiger partial charge in [-0.15, -0.1) is 0 Å². The van der Waals surface area contributed by atoms with E-state index in [1.165, 1.54) is 10.5 Å². The normalized spacial score (nSPS) is 15.1. The van der Waals surface area contributed by atoms with Gasteiger partial charge in [0.15, 0.2) is 0 Å². The number of alkyl halides is 3. The van der Waals surface area contributed by atoms with E-state index in [2.05, 4.69) is 30.3 Å². The molecule has 0 unspecified atom stereocenters. The van der Waals surface area contributed by atoms with Crippen molar-refractivity contribution in [2.75, 3.05) is 43.4 Å². The summed E-state index contributed by atoms with van der Waals surface area (Å²) in [6.45, 7) is 3.32. The summed E-state index contributed by atoms with van der Waals surface area (Å²) in [7, 11) is 0. The van der Waals surface area contributed by atoms with E-state index in [0.717, 1.165) is 16.3 Å². The van der Waals surface area contributed by atoms with Crippen molar-refractivity contribution in [1.82, 2.24) is 24.6 Å². The molecule has 1 aliphatic heterocycles. The SMILES string of the molecule is Cc1ccc(Nc2ccnc(Nc3ccc(SN(CCNN)C4CCN(CC(F)(F)F)CC4)cc3)n2)cc1. The minimum atomic E-state index is -4.16. The molecule has 0 saturated carbocycles. The van der Waals surface area contributed by atoms with Crippen molar-refractivity contribution in [3.8, 4) is 0 Å². The molecule has 5 N–H and O–H groups in total. The number of piperidine rings is 1. The summed E-state index contributed by atoms with van der Waals surface area (Å²) in [6.07, 6.45) is -1.11. The molecular formula is C26H33F3N8S. The van der Waals surface area contributed by atoms with Crippen LogP contribution in [0.3, 0.4) is 0 Å². The zero-order valence-electron chi connectivity index (χ0n) is 21.2. The van der Waals surface area contributed by atoms with Crippen molar-refractivity contribution >= 4 is 35.1 Å². The van der Waals surface area contributed by atoms with Crippen LogP contribution >= 0.6 is 11.9 Å². The quantitative estimate of drug-likeness (QED) is 0.149. The first-order valence-corrected chi connectivity index (χ1v) is 13.3. The Morgan fingerprint density at radius 2 is 1.66 bits per heavy atom. The van der Waals surface area contributed by atoms with E-state index in [-0.39, 0.29) is 6.04 Å². The summed E-state index contributed by atoms with van der Waals surface area (Å²) in [5, 5.41) is 6.51. The maximum Gasteiger partial charge on any atom is 0.401 e. The standard InChI is InChI=1S/C26H33F3N8S/c1-19-2-4-20(5-3-19)33-24-10-13-31-25(35-24)34-21-6-8-23(9-7-21)38-37(17-14-32-30)22-11-15-36(16-12-22)18-26(27,28)29/h2-10,13,22,32H,11-12,14-18,30H2,1H3,(H2,31,33,34,35). The molecule has 1 aliphatic rings.